The van der Waals surface area contributed by atoms with Crippen LogP contribution in [-0.2, 0) is 6.42 Å². The number of aryl methyl sites for hydroxylation is 1. The van der Waals surface area contributed by atoms with E-state index in [2.05, 4.69) is 36.0 Å². The highest BCUT2D eigenvalue weighted by atomic mass is 32.1. The molecule has 0 bridgehead atoms. The lowest BCUT2D eigenvalue weighted by molar-refractivity contribution is 0.0955. The molecule has 5 heteroatoms. The molecule has 4 nitrogen and oxygen atoms in total. The van der Waals surface area contributed by atoms with Crippen LogP contribution in [-0.4, -0.2) is 42.0 Å². The van der Waals surface area contributed by atoms with E-state index in [1.807, 2.05) is 6.92 Å². The number of amides is 1. The molecule has 1 atom stereocenters. The number of carbonyl (C=O) groups is 1. The molecule has 0 spiro atoms. The van der Waals surface area contributed by atoms with Crippen molar-refractivity contribution in [3.63, 3.8) is 0 Å². The zero-order valence-corrected chi connectivity index (χ0v) is 16.5. The van der Waals surface area contributed by atoms with Gasteiger partial charge in [-0.3, -0.25) is 4.79 Å². The number of nitrogens with zero attached hydrogens (tertiary/aromatic N) is 2. The minimum absolute atomic E-state index is 0.0478. The smallest absolute Gasteiger partial charge is 0.263 e. The maximum absolute atomic E-state index is 12.3. The van der Waals surface area contributed by atoms with Gasteiger partial charge >= 0.3 is 0 Å². The summed E-state index contributed by atoms with van der Waals surface area (Å²) in [6.07, 6.45) is 5.87. The third kappa shape index (κ3) is 6.17. The largest absolute Gasteiger partial charge is 0.351 e. The van der Waals surface area contributed by atoms with E-state index in [0.717, 1.165) is 47.3 Å². The van der Waals surface area contributed by atoms with Crippen LogP contribution in [0.25, 0.3) is 0 Å². The van der Waals surface area contributed by atoms with Crippen LogP contribution >= 0.6 is 11.3 Å². The molecule has 0 aromatic carbocycles. The van der Waals surface area contributed by atoms with Gasteiger partial charge in [-0.2, -0.15) is 0 Å². The van der Waals surface area contributed by atoms with Crippen LogP contribution in [0.15, 0.2) is 0 Å². The number of carbonyl (C=O) groups excluding carboxylic acids is 1. The first-order valence-electron chi connectivity index (χ1n) is 9.42. The first-order chi connectivity index (χ1) is 11.5. The lowest BCUT2D eigenvalue weighted by Crippen LogP contribution is -2.35. The second-order valence-electron chi connectivity index (χ2n) is 7.63. The second kappa shape index (κ2) is 9.52. The van der Waals surface area contributed by atoms with Crippen LogP contribution in [0.1, 0.15) is 66.8 Å². The minimum Gasteiger partial charge on any atom is -0.351 e. The lowest BCUT2D eigenvalue weighted by Gasteiger charge is -2.30. The van der Waals surface area contributed by atoms with Crippen LogP contribution in [0.2, 0.25) is 0 Å². The van der Waals surface area contributed by atoms with E-state index in [0.29, 0.717) is 5.92 Å². The van der Waals surface area contributed by atoms with Crippen molar-refractivity contribution < 1.29 is 4.79 Å². The summed E-state index contributed by atoms with van der Waals surface area (Å²) in [5.41, 5.74) is 0.871. The van der Waals surface area contributed by atoms with Crippen molar-refractivity contribution in [1.29, 1.82) is 0 Å². The summed E-state index contributed by atoms with van der Waals surface area (Å²) < 4.78 is 0. The van der Waals surface area contributed by atoms with E-state index >= 15 is 0 Å². The van der Waals surface area contributed by atoms with Crippen molar-refractivity contribution in [3.05, 3.63) is 15.6 Å². The summed E-state index contributed by atoms with van der Waals surface area (Å²) in [6, 6.07) is 0. The molecule has 1 saturated heterocycles. The Balaban J connectivity index is 1.67. The number of likely N-dealkylation sites (tertiary alicyclic amines) is 1. The summed E-state index contributed by atoms with van der Waals surface area (Å²) >= 11 is 1.55. The molecule has 24 heavy (non-hydrogen) atoms. The molecule has 1 aromatic heterocycles. The van der Waals surface area contributed by atoms with E-state index in [1.54, 1.807) is 11.3 Å². The zero-order valence-electron chi connectivity index (χ0n) is 15.7. The molecule has 1 aliphatic heterocycles. The molecule has 2 rings (SSSR count). The topological polar surface area (TPSA) is 45.2 Å². The average Bonchev–Trinajstić information content (AvgIpc) is 2.86. The summed E-state index contributed by atoms with van der Waals surface area (Å²) in [5, 5.41) is 4.14. The highest BCUT2D eigenvalue weighted by Crippen LogP contribution is 2.20. The number of nitrogens with one attached hydrogen (secondary N) is 1. The van der Waals surface area contributed by atoms with Crippen molar-refractivity contribution in [2.45, 2.75) is 59.8 Å². The molecule has 1 fully saturated rings. The first-order valence-corrected chi connectivity index (χ1v) is 10.2. The number of thiazole rings is 1. The molecule has 1 aromatic rings. The average molecular weight is 352 g/mol. The number of rotatable bonds is 8. The summed E-state index contributed by atoms with van der Waals surface area (Å²) in [7, 11) is 0. The van der Waals surface area contributed by atoms with Gasteiger partial charge in [0.1, 0.15) is 4.88 Å². The van der Waals surface area contributed by atoms with Gasteiger partial charge in [-0.15, -0.1) is 11.3 Å². The Hall–Kier alpha value is -0.940. The van der Waals surface area contributed by atoms with Gasteiger partial charge < -0.3 is 10.2 Å². The van der Waals surface area contributed by atoms with Crippen molar-refractivity contribution in [2.24, 2.45) is 11.8 Å². The molecule has 1 N–H and O–H groups in total. The number of piperidine rings is 1. The first kappa shape index (κ1) is 19.4. The zero-order chi connectivity index (χ0) is 17.5. The van der Waals surface area contributed by atoms with Crippen molar-refractivity contribution >= 4 is 17.2 Å². The van der Waals surface area contributed by atoms with Gasteiger partial charge in [0.2, 0.25) is 0 Å². The number of unbranched alkanes of at least 4 members (excludes halogenated alkanes) is 1. The maximum Gasteiger partial charge on any atom is 0.263 e. The Labute approximate surface area is 151 Å². The summed E-state index contributed by atoms with van der Waals surface area (Å²) in [6.45, 7) is 13.1. The normalized spacial score (nSPS) is 19.0. The van der Waals surface area contributed by atoms with E-state index < -0.39 is 0 Å². The quantitative estimate of drug-likeness (QED) is 0.723. The number of hydrogen-bond acceptors (Lipinski definition) is 4. The second-order valence-corrected chi connectivity index (χ2v) is 8.71. The van der Waals surface area contributed by atoms with Gasteiger partial charge in [-0.1, -0.05) is 20.8 Å². The Morgan fingerprint density at radius 2 is 2.21 bits per heavy atom. The molecule has 0 radical (unpaired) electrons. The molecule has 1 aliphatic rings. The maximum atomic E-state index is 12.3. The highest BCUT2D eigenvalue weighted by molar-refractivity contribution is 7.13. The molecule has 1 amide bonds. The number of hydrogen-bond donors (Lipinski definition) is 1. The fraction of sp³-hybridized carbons (Fsp3) is 0.789. The van der Waals surface area contributed by atoms with Gasteiger partial charge in [0.05, 0.1) is 10.7 Å². The van der Waals surface area contributed by atoms with E-state index in [-0.39, 0.29) is 5.91 Å². The highest BCUT2D eigenvalue weighted by Gasteiger charge is 2.17. The minimum atomic E-state index is 0.0478. The van der Waals surface area contributed by atoms with Crippen LogP contribution in [0.3, 0.4) is 0 Å². The number of aromatic nitrogens is 1. The van der Waals surface area contributed by atoms with E-state index in [9.17, 15) is 4.79 Å². The fourth-order valence-electron chi connectivity index (χ4n) is 3.33. The Bertz CT molecular complexity index is 527. The molecular formula is C19H33N3OS. The summed E-state index contributed by atoms with van der Waals surface area (Å²) in [4.78, 5) is 20.2. The van der Waals surface area contributed by atoms with Gasteiger partial charge in [-0.05, 0) is 57.5 Å². The van der Waals surface area contributed by atoms with Gasteiger partial charge in [-0.25, -0.2) is 4.98 Å². The molecule has 1 unspecified atom stereocenters. The van der Waals surface area contributed by atoms with Crippen molar-refractivity contribution in [1.82, 2.24) is 15.2 Å². The predicted molar refractivity (Wildman–Crippen MR) is 102 cm³/mol. The van der Waals surface area contributed by atoms with Gasteiger partial charge in [0.15, 0.2) is 0 Å². The van der Waals surface area contributed by atoms with E-state index in [1.165, 1.54) is 32.5 Å². The molecule has 136 valence electrons. The molecular weight excluding hydrogens is 318 g/mol. The monoisotopic (exact) mass is 351 g/mol. The standard InChI is InChI=1S/C19H33N3OS/c1-14(2)12-17-21-16(4)18(24-17)19(23)20-9-5-6-10-22-11-7-8-15(3)13-22/h14-15H,5-13H2,1-4H3,(H,20,23). The fourth-order valence-corrected chi connectivity index (χ4v) is 4.52. The molecule has 0 saturated carbocycles. The van der Waals surface area contributed by atoms with Crippen LogP contribution in [0.4, 0.5) is 0 Å². The SMILES string of the molecule is Cc1nc(CC(C)C)sc1C(=O)NCCCCN1CCCC(C)C1. The third-order valence-corrected chi connectivity index (χ3v) is 5.74. The van der Waals surface area contributed by atoms with Gasteiger partial charge in [0.25, 0.3) is 5.91 Å². The Morgan fingerprint density at radius 3 is 2.92 bits per heavy atom. The van der Waals surface area contributed by atoms with Crippen molar-refractivity contribution in [3.8, 4) is 0 Å². The molecule has 2 heterocycles. The Kier molecular flexibility index (Phi) is 7.69. The van der Waals surface area contributed by atoms with Crippen LogP contribution in [0.5, 0.6) is 0 Å². The predicted octanol–water partition coefficient (Wildman–Crippen LogP) is 3.89. The van der Waals surface area contributed by atoms with Gasteiger partial charge in [0, 0.05) is 19.5 Å². The summed E-state index contributed by atoms with van der Waals surface area (Å²) in [5.74, 6) is 1.46. The van der Waals surface area contributed by atoms with E-state index in [4.69, 9.17) is 0 Å². The van der Waals surface area contributed by atoms with Crippen molar-refractivity contribution in [2.75, 3.05) is 26.2 Å². The lowest BCUT2D eigenvalue weighted by atomic mass is 10.0. The van der Waals surface area contributed by atoms with Crippen LogP contribution in [0, 0.1) is 18.8 Å². The molecule has 0 aliphatic carbocycles. The van der Waals surface area contributed by atoms with Crippen LogP contribution < -0.4 is 5.32 Å². The third-order valence-electron chi connectivity index (χ3n) is 4.56. The Morgan fingerprint density at radius 1 is 1.42 bits per heavy atom.